The molecule has 0 bridgehead atoms. The van der Waals surface area contributed by atoms with Gasteiger partial charge < -0.3 is 5.32 Å². The van der Waals surface area contributed by atoms with Gasteiger partial charge in [-0.1, -0.05) is 20.3 Å². The highest BCUT2D eigenvalue weighted by atomic mass is 32.1. The average Bonchev–Trinajstić information content (AvgIpc) is 2.55. The highest BCUT2D eigenvalue weighted by Crippen LogP contribution is 2.30. The Balaban J connectivity index is 2.74. The molecule has 0 fully saturated rings. The average molecular weight is 225 g/mol. The van der Waals surface area contributed by atoms with Gasteiger partial charge in [-0.3, -0.25) is 0 Å². The van der Waals surface area contributed by atoms with Crippen molar-refractivity contribution in [2.75, 3.05) is 7.05 Å². The van der Waals surface area contributed by atoms with E-state index in [1.807, 2.05) is 11.3 Å². The van der Waals surface area contributed by atoms with Crippen molar-refractivity contribution < 1.29 is 0 Å². The molecule has 0 radical (unpaired) electrons. The van der Waals surface area contributed by atoms with Crippen LogP contribution in [0.3, 0.4) is 0 Å². The van der Waals surface area contributed by atoms with Crippen molar-refractivity contribution in [2.45, 2.75) is 46.6 Å². The Labute approximate surface area is 97.9 Å². The fourth-order valence-electron chi connectivity index (χ4n) is 1.72. The van der Waals surface area contributed by atoms with E-state index in [0.29, 0.717) is 6.04 Å². The molecule has 2 atom stereocenters. The van der Waals surface area contributed by atoms with Gasteiger partial charge in [-0.05, 0) is 44.9 Å². The van der Waals surface area contributed by atoms with Crippen LogP contribution in [0.4, 0.5) is 0 Å². The number of rotatable bonds is 5. The second-order valence-corrected chi connectivity index (χ2v) is 5.77. The van der Waals surface area contributed by atoms with Gasteiger partial charge in [0.15, 0.2) is 0 Å². The van der Waals surface area contributed by atoms with Crippen LogP contribution in [-0.2, 0) is 0 Å². The Bertz CT molecular complexity index is 284. The van der Waals surface area contributed by atoms with E-state index in [1.165, 1.54) is 28.2 Å². The molecular formula is C13H23NS. The van der Waals surface area contributed by atoms with Gasteiger partial charge in [-0.25, -0.2) is 0 Å². The minimum Gasteiger partial charge on any atom is -0.312 e. The zero-order valence-corrected chi connectivity index (χ0v) is 11.4. The molecule has 1 aromatic heterocycles. The molecule has 0 aliphatic rings. The highest BCUT2D eigenvalue weighted by molar-refractivity contribution is 7.12. The lowest BCUT2D eigenvalue weighted by Gasteiger charge is -2.18. The maximum Gasteiger partial charge on any atom is 0.0415 e. The SMILES string of the molecule is CCC(C)CC(NC)c1cc(C)c(C)s1. The topological polar surface area (TPSA) is 12.0 Å². The van der Waals surface area contributed by atoms with Gasteiger partial charge in [0.05, 0.1) is 0 Å². The summed E-state index contributed by atoms with van der Waals surface area (Å²) >= 11 is 1.94. The summed E-state index contributed by atoms with van der Waals surface area (Å²) in [6.45, 7) is 9.00. The Morgan fingerprint density at radius 2 is 2.07 bits per heavy atom. The van der Waals surface area contributed by atoms with E-state index in [-0.39, 0.29) is 0 Å². The molecule has 0 aliphatic carbocycles. The predicted molar refractivity (Wildman–Crippen MR) is 69.7 cm³/mol. The Morgan fingerprint density at radius 3 is 2.47 bits per heavy atom. The van der Waals surface area contributed by atoms with Crippen LogP contribution < -0.4 is 5.32 Å². The molecule has 2 unspecified atom stereocenters. The van der Waals surface area contributed by atoms with Crippen LogP contribution in [0.5, 0.6) is 0 Å². The molecule has 0 spiro atoms. The van der Waals surface area contributed by atoms with Gasteiger partial charge >= 0.3 is 0 Å². The van der Waals surface area contributed by atoms with E-state index in [0.717, 1.165) is 5.92 Å². The second kappa shape index (κ2) is 5.66. The predicted octanol–water partition coefficient (Wildman–Crippen LogP) is 4.06. The Kier molecular flexibility index (Phi) is 4.81. The van der Waals surface area contributed by atoms with Crippen LogP contribution in [0.2, 0.25) is 0 Å². The first-order valence-electron chi connectivity index (χ1n) is 5.82. The molecule has 86 valence electrons. The summed E-state index contributed by atoms with van der Waals surface area (Å²) in [6, 6.07) is 2.88. The minimum absolute atomic E-state index is 0.539. The largest absolute Gasteiger partial charge is 0.312 e. The Hall–Kier alpha value is -0.340. The summed E-state index contributed by atoms with van der Waals surface area (Å²) in [4.78, 5) is 2.95. The summed E-state index contributed by atoms with van der Waals surface area (Å²) in [5.74, 6) is 0.796. The van der Waals surface area contributed by atoms with Gasteiger partial charge in [0.2, 0.25) is 0 Å². The van der Waals surface area contributed by atoms with Gasteiger partial charge in [0.25, 0.3) is 0 Å². The molecule has 0 aliphatic heterocycles. The van der Waals surface area contributed by atoms with Crippen LogP contribution in [0.25, 0.3) is 0 Å². The molecule has 15 heavy (non-hydrogen) atoms. The lowest BCUT2D eigenvalue weighted by molar-refractivity contribution is 0.426. The van der Waals surface area contributed by atoms with Gasteiger partial charge in [-0.2, -0.15) is 0 Å². The first-order valence-corrected chi connectivity index (χ1v) is 6.64. The molecule has 1 nitrogen and oxygen atoms in total. The molecule has 1 heterocycles. The van der Waals surface area contributed by atoms with Crippen LogP contribution >= 0.6 is 11.3 Å². The molecule has 0 aromatic carbocycles. The zero-order valence-electron chi connectivity index (χ0n) is 10.6. The van der Waals surface area contributed by atoms with Crippen LogP contribution in [0.1, 0.15) is 48.0 Å². The molecule has 1 rings (SSSR count). The molecule has 0 saturated carbocycles. The summed E-state index contributed by atoms with van der Waals surface area (Å²) in [7, 11) is 2.07. The molecule has 0 amide bonds. The third-order valence-corrected chi connectivity index (χ3v) is 4.48. The van der Waals surface area contributed by atoms with Crippen LogP contribution in [0, 0.1) is 19.8 Å². The van der Waals surface area contributed by atoms with Crippen molar-refractivity contribution in [3.05, 3.63) is 21.4 Å². The van der Waals surface area contributed by atoms with Crippen molar-refractivity contribution in [1.29, 1.82) is 0 Å². The number of nitrogens with one attached hydrogen (secondary N) is 1. The van der Waals surface area contributed by atoms with E-state index in [1.54, 1.807) is 0 Å². The number of hydrogen-bond acceptors (Lipinski definition) is 2. The summed E-state index contributed by atoms with van der Waals surface area (Å²) in [6.07, 6.45) is 2.51. The maximum absolute atomic E-state index is 3.43. The summed E-state index contributed by atoms with van der Waals surface area (Å²) in [5.41, 5.74) is 1.43. The van der Waals surface area contributed by atoms with Crippen molar-refractivity contribution in [3.8, 4) is 0 Å². The smallest absolute Gasteiger partial charge is 0.0415 e. The van der Waals surface area contributed by atoms with Gasteiger partial charge in [0, 0.05) is 15.8 Å². The lowest BCUT2D eigenvalue weighted by atomic mass is 9.98. The second-order valence-electron chi connectivity index (χ2n) is 4.48. The first-order chi connectivity index (χ1) is 7.08. The molecule has 1 aromatic rings. The molecule has 2 heteroatoms. The molecular weight excluding hydrogens is 202 g/mol. The quantitative estimate of drug-likeness (QED) is 0.797. The zero-order chi connectivity index (χ0) is 11.4. The summed E-state index contributed by atoms with van der Waals surface area (Å²) < 4.78 is 0. The van der Waals surface area contributed by atoms with Crippen LogP contribution in [0.15, 0.2) is 6.07 Å². The lowest BCUT2D eigenvalue weighted by Crippen LogP contribution is -2.17. The fourth-order valence-corrected chi connectivity index (χ4v) is 2.88. The number of aryl methyl sites for hydroxylation is 2. The van der Waals surface area contributed by atoms with E-state index in [2.05, 4.69) is 46.1 Å². The maximum atomic E-state index is 3.43. The van der Waals surface area contributed by atoms with Crippen molar-refractivity contribution in [3.63, 3.8) is 0 Å². The molecule has 1 N–H and O–H groups in total. The fraction of sp³-hybridized carbons (Fsp3) is 0.692. The van der Waals surface area contributed by atoms with Crippen LogP contribution in [-0.4, -0.2) is 7.05 Å². The van der Waals surface area contributed by atoms with Crippen molar-refractivity contribution in [1.82, 2.24) is 5.32 Å². The molecule has 0 saturated heterocycles. The number of thiophene rings is 1. The normalized spacial score (nSPS) is 15.3. The number of hydrogen-bond donors (Lipinski definition) is 1. The monoisotopic (exact) mass is 225 g/mol. The third kappa shape index (κ3) is 3.32. The highest BCUT2D eigenvalue weighted by Gasteiger charge is 2.15. The minimum atomic E-state index is 0.539. The van der Waals surface area contributed by atoms with E-state index in [9.17, 15) is 0 Å². The Morgan fingerprint density at radius 1 is 1.40 bits per heavy atom. The van der Waals surface area contributed by atoms with E-state index < -0.39 is 0 Å². The van der Waals surface area contributed by atoms with Gasteiger partial charge in [0.1, 0.15) is 0 Å². The third-order valence-electron chi connectivity index (χ3n) is 3.21. The van der Waals surface area contributed by atoms with E-state index in [4.69, 9.17) is 0 Å². The van der Waals surface area contributed by atoms with E-state index >= 15 is 0 Å². The summed E-state index contributed by atoms with van der Waals surface area (Å²) in [5, 5.41) is 3.43. The van der Waals surface area contributed by atoms with Gasteiger partial charge in [-0.15, -0.1) is 11.3 Å². The first kappa shape index (κ1) is 12.7. The van der Waals surface area contributed by atoms with Crippen molar-refractivity contribution in [2.24, 2.45) is 5.92 Å². The standard InChI is InChI=1S/C13H23NS/c1-6-9(2)7-12(14-5)13-8-10(3)11(4)15-13/h8-9,12,14H,6-7H2,1-5H3. The van der Waals surface area contributed by atoms with Crippen molar-refractivity contribution >= 4 is 11.3 Å².